The van der Waals surface area contributed by atoms with Crippen molar-refractivity contribution in [1.29, 1.82) is 0 Å². The number of carbonyl (C=O) groups is 3. The van der Waals surface area contributed by atoms with Crippen LogP contribution in [0.4, 0.5) is 0 Å². The fourth-order valence-corrected chi connectivity index (χ4v) is 2.50. The lowest BCUT2D eigenvalue weighted by Crippen LogP contribution is -2.31. The molecule has 0 spiro atoms. The molecule has 0 aliphatic carbocycles. The minimum absolute atomic E-state index is 0.000482. The number of rotatable bonds is 4. The lowest BCUT2D eigenvalue weighted by atomic mass is 10.1. The van der Waals surface area contributed by atoms with Gasteiger partial charge in [0.25, 0.3) is 11.8 Å². The molecule has 3 rings (SSSR count). The highest BCUT2D eigenvalue weighted by Gasteiger charge is 2.35. The molecule has 2 aromatic rings. The number of Topliss-reactive ketones (excluding diaryl/α,β-unsaturated/α-hetero) is 1. The molecule has 0 radical (unpaired) electrons. The molecular formula is C17H13NO4. The van der Waals surface area contributed by atoms with Gasteiger partial charge in [-0.2, -0.15) is 0 Å². The first kappa shape index (κ1) is 14.0. The van der Waals surface area contributed by atoms with Gasteiger partial charge in [-0.25, -0.2) is 0 Å². The Morgan fingerprint density at radius 2 is 1.45 bits per heavy atom. The van der Waals surface area contributed by atoms with Crippen LogP contribution in [-0.4, -0.2) is 34.1 Å². The van der Waals surface area contributed by atoms with Crippen molar-refractivity contribution >= 4 is 17.6 Å². The summed E-state index contributed by atoms with van der Waals surface area (Å²) in [4.78, 5) is 37.5. The molecule has 1 N–H and O–H groups in total. The molecule has 1 heterocycles. The third-order valence-electron chi connectivity index (χ3n) is 3.65. The van der Waals surface area contributed by atoms with Gasteiger partial charge in [-0.05, 0) is 24.3 Å². The molecular weight excluding hydrogens is 282 g/mol. The van der Waals surface area contributed by atoms with Crippen molar-refractivity contribution in [3.63, 3.8) is 0 Å². The summed E-state index contributed by atoms with van der Waals surface area (Å²) in [5, 5.41) is 9.65. The molecule has 1 aliphatic rings. The number of para-hydroxylation sites is 1. The van der Waals surface area contributed by atoms with Gasteiger partial charge in [0.15, 0.2) is 5.78 Å². The number of ketones is 1. The summed E-state index contributed by atoms with van der Waals surface area (Å²) in [6, 6.07) is 12.8. The average Bonchev–Trinajstić information content (AvgIpc) is 2.77. The largest absolute Gasteiger partial charge is 0.507 e. The summed E-state index contributed by atoms with van der Waals surface area (Å²) >= 11 is 0. The number of aromatic hydroxyl groups is 1. The molecule has 0 bridgehead atoms. The summed E-state index contributed by atoms with van der Waals surface area (Å²) in [7, 11) is 0. The Morgan fingerprint density at radius 1 is 0.909 bits per heavy atom. The minimum atomic E-state index is -0.384. The lowest BCUT2D eigenvalue weighted by molar-refractivity contribution is 0.0649. The van der Waals surface area contributed by atoms with Crippen LogP contribution in [-0.2, 0) is 0 Å². The summed E-state index contributed by atoms with van der Waals surface area (Å²) in [6.45, 7) is -0.000482. The number of fused-ring (bicyclic) bond motifs is 1. The van der Waals surface area contributed by atoms with Crippen molar-refractivity contribution < 1.29 is 19.5 Å². The number of phenolic OH excluding ortho intramolecular Hbond substituents is 1. The standard InChI is InChI=1S/C17H13NO4/c19-14-8-4-3-7-13(14)15(20)9-10-18-16(21)11-5-1-2-6-12(11)17(18)22/h1-8,19H,9-10H2. The zero-order valence-corrected chi connectivity index (χ0v) is 11.7. The van der Waals surface area contributed by atoms with E-state index in [-0.39, 0.29) is 41.9 Å². The van der Waals surface area contributed by atoms with E-state index in [0.29, 0.717) is 11.1 Å². The first-order valence-electron chi connectivity index (χ1n) is 6.86. The highest BCUT2D eigenvalue weighted by Crippen LogP contribution is 2.23. The van der Waals surface area contributed by atoms with E-state index in [9.17, 15) is 19.5 Å². The van der Waals surface area contributed by atoms with Crippen LogP contribution in [0.2, 0.25) is 0 Å². The fraction of sp³-hybridized carbons (Fsp3) is 0.118. The van der Waals surface area contributed by atoms with E-state index in [2.05, 4.69) is 0 Å². The maximum atomic E-state index is 12.2. The Bertz CT molecular complexity index is 747. The first-order chi connectivity index (χ1) is 10.6. The van der Waals surface area contributed by atoms with Crippen molar-refractivity contribution in [2.24, 2.45) is 0 Å². The van der Waals surface area contributed by atoms with Crippen molar-refractivity contribution in [3.8, 4) is 5.75 Å². The number of phenols is 1. The molecule has 0 atom stereocenters. The topological polar surface area (TPSA) is 74.7 Å². The monoisotopic (exact) mass is 295 g/mol. The number of benzene rings is 2. The highest BCUT2D eigenvalue weighted by molar-refractivity contribution is 6.21. The maximum Gasteiger partial charge on any atom is 0.261 e. The minimum Gasteiger partial charge on any atom is -0.507 e. The molecule has 5 heteroatoms. The van der Waals surface area contributed by atoms with Crippen LogP contribution >= 0.6 is 0 Å². The molecule has 2 aromatic carbocycles. The zero-order valence-electron chi connectivity index (χ0n) is 11.7. The van der Waals surface area contributed by atoms with Gasteiger partial charge in [0.05, 0.1) is 16.7 Å². The fourth-order valence-electron chi connectivity index (χ4n) is 2.50. The van der Waals surface area contributed by atoms with Gasteiger partial charge in [0.1, 0.15) is 5.75 Å². The van der Waals surface area contributed by atoms with Crippen LogP contribution in [0.15, 0.2) is 48.5 Å². The number of carbonyl (C=O) groups excluding carboxylic acids is 3. The second-order valence-corrected chi connectivity index (χ2v) is 5.00. The number of nitrogens with zero attached hydrogens (tertiary/aromatic N) is 1. The molecule has 5 nitrogen and oxygen atoms in total. The Balaban J connectivity index is 1.73. The Morgan fingerprint density at radius 3 is 2.05 bits per heavy atom. The number of amides is 2. The van der Waals surface area contributed by atoms with Crippen LogP contribution in [0.1, 0.15) is 37.5 Å². The Labute approximate surface area is 126 Å². The van der Waals surface area contributed by atoms with Crippen molar-refractivity contribution in [1.82, 2.24) is 4.90 Å². The highest BCUT2D eigenvalue weighted by atomic mass is 16.3. The zero-order chi connectivity index (χ0) is 15.7. The van der Waals surface area contributed by atoms with Crippen LogP contribution in [0.3, 0.4) is 0 Å². The van der Waals surface area contributed by atoms with Crippen molar-refractivity contribution in [2.75, 3.05) is 6.54 Å². The van der Waals surface area contributed by atoms with Gasteiger partial charge in [0, 0.05) is 13.0 Å². The molecule has 1 aliphatic heterocycles. The van der Waals surface area contributed by atoms with Crippen molar-refractivity contribution in [3.05, 3.63) is 65.2 Å². The van der Waals surface area contributed by atoms with E-state index in [4.69, 9.17) is 0 Å². The van der Waals surface area contributed by atoms with Gasteiger partial charge in [-0.1, -0.05) is 24.3 Å². The van der Waals surface area contributed by atoms with Crippen molar-refractivity contribution in [2.45, 2.75) is 6.42 Å². The van der Waals surface area contributed by atoms with Gasteiger partial charge >= 0.3 is 0 Å². The quantitative estimate of drug-likeness (QED) is 0.693. The summed E-state index contributed by atoms with van der Waals surface area (Å²) in [5.41, 5.74) is 0.920. The third kappa shape index (κ3) is 2.26. The SMILES string of the molecule is O=C(CCN1C(=O)c2ccccc2C1=O)c1ccccc1O. The molecule has 0 unspecified atom stereocenters. The third-order valence-corrected chi connectivity index (χ3v) is 3.65. The van der Waals surface area contributed by atoms with Crippen LogP contribution < -0.4 is 0 Å². The second kappa shape index (κ2) is 5.44. The van der Waals surface area contributed by atoms with Crippen LogP contribution in [0.25, 0.3) is 0 Å². The van der Waals surface area contributed by atoms with Gasteiger partial charge in [-0.3, -0.25) is 19.3 Å². The van der Waals surface area contributed by atoms with Gasteiger partial charge in [0.2, 0.25) is 0 Å². The number of hydrogen-bond donors (Lipinski definition) is 1. The first-order valence-corrected chi connectivity index (χ1v) is 6.86. The average molecular weight is 295 g/mol. The summed E-state index contributed by atoms with van der Waals surface area (Å²) in [5.74, 6) is -1.18. The normalized spacial score (nSPS) is 13.4. The van der Waals surface area contributed by atoms with E-state index in [1.165, 1.54) is 12.1 Å². The molecule has 0 saturated carbocycles. The Kier molecular flexibility index (Phi) is 3.47. The van der Waals surface area contributed by atoms with E-state index in [1.54, 1.807) is 36.4 Å². The van der Waals surface area contributed by atoms with Crippen LogP contribution in [0.5, 0.6) is 5.75 Å². The summed E-state index contributed by atoms with van der Waals surface area (Å²) < 4.78 is 0. The molecule has 0 aromatic heterocycles. The van der Waals surface area contributed by atoms with Crippen LogP contribution in [0, 0.1) is 0 Å². The second-order valence-electron chi connectivity index (χ2n) is 5.00. The molecule has 22 heavy (non-hydrogen) atoms. The van der Waals surface area contributed by atoms with E-state index < -0.39 is 0 Å². The molecule has 0 saturated heterocycles. The maximum absolute atomic E-state index is 12.2. The predicted molar refractivity (Wildman–Crippen MR) is 78.9 cm³/mol. The van der Waals surface area contributed by atoms with Gasteiger partial charge < -0.3 is 5.11 Å². The van der Waals surface area contributed by atoms with E-state index in [1.807, 2.05) is 0 Å². The summed E-state index contributed by atoms with van der Waals surface area (Å²) in [6.07, 6.45) is -0.0248. The molecule has 0 fully saturated rings. The molecule has 2 amide bonds. The number of imide groups is 1. The lowest BCUT2D eigenvalue weighted by Gasteiger charge is -2.13. The molecule has 110 valence electrons. The van der Waals surface area contributed by atoms with Gasteiger partial charge in [-0.15, -0.1) is 0 Å². The smallest absolute Gasteiger partial charge is 0.261 e. The van der Waals surface area contributed by atoms with E-state index in [0.717, 1.165) is 4.90 Å². The predicted octanol–water partition coefficient (Wildman–Crippen LogP) is 2.26. The van der Waals surface area contributed by atoms with E-state index >= 15 is 0 Å². The Hall–Kier alpha value is -2.95. The number of hydrogen-bond acceptors (Lipinski definition) is 4.